The Kier molecular flexibility index (Phi) is 5.71. The maximum absolute atomic E-state index is 4.52. The van der Waals surface area contributed by atoms with Crippen molar-refractivity contribution in [2.45, 2.75) is 46.1 Å². The summed E-state index contributed by atoms with van der Waals surface area (Å²) >= 11 is 1.76. The summed E-state index contributed by atoms with van der Waals surface area (Å²) in [7, 11) is 0. The molecule has 1 N–H and O–H groups in total. The molecule has 3 heteroatoms. The minimum Gasteiger partial charge on any atom is -0.314 e. The lowest BCUT2D eigenvalue weighted by molar-refractivity contribution is 0.489. The quantitative estimate of drug-likeness (QED) is 0.737. The number of aromatic nitrogens is 1. The van der Waals surface area contributed by atoms with Crippen molar-refractivity contribution < 1.29 is 0 Å². The molecule has 0 amide bonds. The molecule has 16 heavy (non-hydrogen) atoms. The normalized spacial score (nSPS) is 12.7. The summed E-state index contributed by atoms with van der Waals surface area (Å²) in [5.74, 6) is 0. The van der Waals surface area contributed by atoms with Gasteiger partial charge in [0, 0.05) is 23.5 Å². The molecule has 0 radical (unpaired) electrons. The van der Waals surface area contributed by atoms with Gasteiger partial charge in [0.2, 0.25) is 0 Å². The number of likely N-dealkylation sites (N-methyl/N-ethyl adjacent to an activating group) is 1. The Hall–Kier alpha value is -0.670. The fourth-order valence-corrected chi connectivity index (χ4v) is 2.55. The fourth-order valence-electron chi connectivity index (χ4n) is 1.69. The molecule has 2 nitrogen and oxygen atoms in total. The molecule has 0 aliphatic rings. The van der Waals surface area contributed by atoms with E-state index in [9.17, 15) is 0 Å². The molecule has 1 unspecified atom stereocenters. The Bertz CT molecular complexity index is 330. The number of nitrogens with zero attached hydrogens (tertiary/aromatic N) is 1. The van der Waals surface area contributed by atoms with Gasteiger partial charge >= 0.3 is 0 Å². The average molecular weight is 238 g/mol. The van der Waals surface area contributed by atoms with E-state index in [0.717, 1.165) is 31.5 Å². The highest BCUT2D eigenvalue weighted by molar-refractivity contribution is 7.09. The summed E-state index contributed by atoms with van der Waals surface area (Å²) in [6, 6.07) is 0.534. The highest BCUT2D eigenvalue weighted by Crippen LogP contribution is 2.14. The van der Waals surface area contributed by atoms with Gasteiger partial charge in [0.05, 0.1) is 5.01 Å². The summed E-state index contributed by atoms with van der Waals surface area (Å²) in [6.45, 7) is 11.3. The van der Waals surface area contributed by atoms with Crippen molar-refractivity contribution in [1.82, 2.24) is 10.3 Å². The molecule has 0 aliphatic heterocycles. The maximum Gasteiger partial charge on any atom is 0.0943 e. The minimum absolute atomic E-state index is 0.534. The molecule has 0 bridgehead atoms. The van der Waals surface area contributed by atoms with Gasteiger partial charge in [-0.25, -0.2) is 4.98 Å². The van der Waals surface area contributed by atoms with E-state index >= 15 is 0 Å². The van der Waals surface area contributed by atoms with E-state index in [1.165, 1.54) is 10.6 Å². The molecule has 1 aromatic rings. The van der Waals surface area contributed by atoms with Gasteiger partial charge in [-0.2, -0.15) is 0 Å². The van der Waals surface area contributed by atoms with Gasteiger partial charge in [0.1, 0.15) is 0 Å². The first-order valence-corrected chi connectivity index (χ1v) is 6.78. The van der Waals surface area contributed by atoms with E-state index < -0.39 is 0 Å². The number of hydrogen-bond acceptors (Lipinski definition) is 3. The van der Waals surface area contributed by atoms with Crippen molar-refractivity contribution >= 4 is 11.3 Å². The molecule has 0 aliphatic carbocycles. The first-order valence-electron chi connectivity index (χ1n) is 5.90. The topological polar surface area (TPSA) is 24.9 Å². The van der Waals surface area contributed by atoms with Crippen LogP contribution in [0.3, 0.4) is 0 Å². The van der Waals surface area contributed by atoms with Crippen LogP contribution >= 0.6 is 11.3 Å². The molecular formula is C13H22N2S. The van der Waals surface area contributed by atoms with Gasteiger partial charge in [-0.3, -0.25) is 0 Å². The van der Waals surface area contributed by atoms with E-state index in [0.29, 0.717) is 6.04 Å². The zero-order chi connectivity index (χ0) is 12.0. The second-order valence-electron chi connectivity index (χ2n) is 4.34. The zero-order valence-corrected chi connectivity index (χ0v) is 11.4. The smallest absolute Gasteiger partial charge is 0.0943 e. The van der Waals surface area contributed by atoms with Crippen LogP contribution in [0.2, 0.25) is 0 Å². The lowest BCUT2D eigenvalue weighted by atomic mass is 10.1. The Morgan fingerprint density at radius 3 is 2.88 bits per heavy atom. The fraction of sp³-hybridized carbons (Fsp3) is 0.615. The maximum atomic E-state index is 4.52. The summed E-state index contributed by atoms with van der Waals surface area (Å²) in [6.07, 6.45) is 3.30. The number of thiazole rings is 1. The van der Waals surface area contributed by atoms with E-state index in [1.807, 2.05) is 0 Å². The highest BCUT2D eigenvalue weighted by atomic mass is 32.1. The van der Waals surface area contributed by atoms with E-state index in [2.05, 4.69) is 43.0 Å². The molecule has 1 heterocycles. The summed E-state index contributed by atoms with van der Waals surface area (Å²) in [5, 5.41) is 6.88. The Morgan fingerprint density at radius 2 is 2.38 bits per heavy atom. The van der Waals surface area contributed by atoms with E-state index in [4.69, 9.17) is 0 Å². The number of aryl methyl sites for hydroxylation is 1. The van der Waals surface area contributed by atoms with Crippen molar-refractivity contribution in [2.75, 3.05) is 6.54 Å². The standard InChI is InChI=1S/C13H22N2S/c1-5-14-12(7-6-10(2)3)8-13-15-11(4)9-16-13/h9,12,14H,2,5-8H2,1,3-4H3. The van der Waals surface area contributed by atoms with Crippen LogP contribution in [-0.2, 0) is 6.42 Å². The molecule has 90 valence electrons. The lowest BCUT2D eigenvalue weighted by Crippen LogP contribution is -2.30. The molecule has 0 aromatic carbocycles. The predicted octanol–water partition coefficient (Wildman–Crippen LogP) is 3.33. The van der Waals surface area contributed by atoms with Crippen molar-refractivity contribution in [3.05, 3.63) is 28.2 Å². The number of allylic oxidation sites excluding steroid dienone is 1. The molecule has 1 atom stereocenters. The van der Waals surface area contributed by atoms with Crippen LogP contribution in [0.15, 0.2) is 17.5 Å². The van der Waals surface area contributed by atoms with Crippen molar-refractivity contribution in [3.63, 3.8) is 0 Å². The molecule has 0 saturated carbocycles. The van der Waals surface area contributed by atoms with Crippen molar-refractivity contribution in [2.24, 2.45) is 0 Å². The number of hydrogen-bond donors (Lipinski definition) is 1. The van der Waals surface area contributed by atoms with E-state index in [-0.39, 0.29) is 0 Å². The van der Waals surface area contributed by atoms with Crippen LogP contribution in [0.25, 0.3) is 0 Å². The van der Waals surface area contributed by atoms with Gasteiger partial charge in [0.25, 0.3) is 0 Å². The second-order valence-corrected chi connectivity index (χ2v) is 5.28. The van der Waals surface area contributed by atoms with Gasteiger partial charge < -0.3 is 5.32 Å². The van der Waals surface area contributed by atoms with Crippen molar-refractivity contribution in [1.29, 1.82) is 0 Å². The van der Waals surface area contributed by atoms with Crippen LogP contribution in [-0.4, -0.2) is 17.6 Å². The first-order chi connectivity index (χ1) is 7.61. The molecular weight excluding hydrogens is 216 g/mol. The lowest BCUT2D eigenvalue weighted by Gasteiger charge is -2.16. The van der Waals surface area contributed by atoms with Crippen LogP contribution in [0.5, 0.6) is 0 Å². The Balaban J connectivity index is 2.46. The minimum atomic E-state index is 0.534. The predicted molar refractivity (Wildman–Crippen MR) is 72.1 cm³/mol. The number of nitrogens with one attached hydrogen (secondary N) is 1. The third kappa shape index (κ3) is 4.90. The third-order valence-electron chi connectivity index (χ3n) is 2.50. The van der Waals surface area contributed by atoms with E-state index in [1.54, 1.807) is 11.3 Å². The molecule has 1 rings (SSSR count). The first kappa shape index (κ1) is 13.4. The third-order valence-corrected chi connectivity index (χ3v) is 3.49. The van der Waals surface area contributed by atoms with Gasteiger partial charge in [-0.15, -0.1) is 17.9 Å². The highest BCUT2D eigenvalue weighted by Gasteiger charge is 2.10. The van der Waals surface area contributed by atoms with Crippen LogP contribution in [0, 0.1) is 6.92 Å². The Labute approximate surface area is 103 Å². The average Bonchev–Trinajstić information content (AvgIpc) is 2.61. The van der Waals surface area contributed by atoms with Gasteiger partial charge in [-0.1, -0.05) is 12.5 Å². The molecule has 1 aromatic heterocycles. The van der Waals surface area contributed by atoms with Crippen LogP contribution in [0.4, 0.5) is 0 Å². The largest absolute Gasteiger partial charge is 0.314 e. The second kappa shape index (κ2) is 6.81. The summed E-state index contributed by atoms with van der Waals surface area (Å²) < 4.78 is 0. The molecule has 0 saturated heterocycles. The van der Waals surface area contributed by atoms with Gasteiger partial charge in [-0.05, 0) is 33.2 Å². The monoisotopic (exact) mass is 238 g/mol. The SMILES string of the molecule is C=C(C)CCC(Cc1nc(C)cs1)NCC. The molecule has 0 fully saturated rings. The zero-order valence-electron chi connectivity index (χ0n) is 10.5. The number of rotatable bonds is 7. The summed E-state index contributed by atoms with van der Waals surface area (Å²) in [4.78, 5) is 4.52. The van der Waals surface area contributed by atoms with Crippen LogP contribution in [0.1, 0.15) is 37.4 Å². The molecule has 0 spiro atoms. The summed E-state index contributed by atoms with van der Waals surface area (Å²) in [5.41, 5.74) is 2.40. The van der Waals surface area contributed by atoms with Crippen LogP contribution < -0.4 is 5.32 Å². The van der Waals surface area contributed by atoms with Gasteiger partial charge in [0.15, 0.2) is 0 Å². The van der Waals surface area contributed by atoms with Crippen molar-refractivity contribution in [3.8, 4) is 0 Å². The Morgan fingerprint density at radius 1 is 1.62 bits per heavy atom.